The van der Waals surface area contributed by atoms with Crippen molar-refractivity contribution in [1.29, 1.82) is 0 Å². The average Bonchev–Trinajstić information content (AvgIpc) is 3.14. The molecule has 0 unspecified atom stereocenters. The van der Waals surface area contributed by atoms with Gasteiger partial charge in [0.2, 0.25) is 0 Å². The Kier molecular flexibility index (Phi) is 3.41. The van der Waals surface area contributed by atoms with Crippen LogP contribution in [-0.4, -0.2) is 38.8 Å². The first-order chi connectivity index (χ1) is 11.1. The van der Waals surface area contributed by atoms with Crippen molar-refractivity contribution < 1.29 is 14.3 Å². The van der Waals surface area contributed by atoms with E-state index in [0.717, 1.165) is 24.1 Å². The Morgan fingerprint density at radius 2 is 2.04 bits per heavy atom. The molecule has 23 heavy (non-hydrogen) atoms. The Balaban J connectivity index is 1.59. The number of amides is 1. The van der Waals surface area contributed by atoms with Crippen LogP contribution in [0.4, 0.5) is 4.39 Å². The number of hydrogen-bond donors (Lipinski definition) is 2. The van der Waals surface area contributed by atoms with Crippen LogP contribution in [-0.2, 0) is 0 Å². The van der Waals surface area contributed by atoms with Crippen LogP contribution in [0.5, 0.6) is 0 Å². The molecule has 1 saturated heterocycles. The van der Waals surface area contributed by atoms with Crippen LogP contribution in [0.1, 0.15) is 53.0 Å². The van der Waals surface area contributed by atoms with Gasteiger partial charge in [-0.3, -0.25) is 9.89 Å². The van der Waals surface area contributed by atoms with Crippen molar-refractivity contribution in [3.05, 3.63) is 53.1 Å². The van der Waals surface area contributed by atoms with Crippen molar-refractivity contribution in [2.75, 3.05) is 6.54 Å². The van der Waals surface area contributed by atoms with Crippen LogP contribution in [0, 0.1) is 5.82 Å². The van der Waals surface area contributed by atoms with Gasteiger partial charge in [-0.15, -0.1) is 0 Å². The molecule has 4 rings (SSSR count). The second-order valence-corrected chi connectivity index (χ2v) is 6.40. The molecule has 1 aliphatic heterocycles. The van der Waals surface area contributed by atoms with E-state index in [-0.39, 0.29) is 24.3 Å². The molecule has 0 bridgehead atoms. The predicted octanol–water partition coefficient (Wildman–Crippen LogP) is 2.37. The molecule has 0 radical (unpaired) electrons. The zero-order valence-electron chi connectivity index (χ0n) is 12.6. The molecule has 1 saturated carbocycles. The van der Waals surface area contributed by atoms with Crippen molar-refractivity contribution >= 4 is 5.91 Å². The number of hydrogen-bond acceptors (Lipinski definition) is 3. The van der Waals surface area contributed by atoms with E-state index in [9.17, 15) is 14.3 Å². The number of rotatable bonds is 3. The molecule has 2 aliphatic rings. The predicted molar refractivity (Wildman–Crippen MR) is 81.4 cm³/mol. The number of nitrogens with one attached hydrogen (secondary N) is 1. The molecule has 6 heteroatoms. The van der Waals surface area contributed by atoms with Gasteiger partial charge in [0.1, 0.15) is 11.5 Å². The summed E-state index contributed by atoms with van der Waals surface area (Å²) in [6.45, 7) is 0.270. The highest BCUT2D eigenvalue weighted by Crippen LogP contribution is 2.39. The lowest BCUT2D eigenvalue weighted by Gasteiger charge is -2.23. The van der Waals surface area contributed by atoms with E-state index in [1.165, 1.54) is 12.1 Å². The summed E-state index contributed by atoms with van der Waals surface area (Å²) in [6, 6.07) is 7.65. The van der Waals surface area contributed by atoms with E-state index in [2.05, 4.69) is 10.2 Å². The number of halogens is 1. The summed E-state index contributed by atoms with van der Waals surface area (Å²) in [5.74, 6) is -0.00770. The van der Waals surface area contributed by atoms with E-state index >= 15 is 0 Å². The number of aliphatic hydroxyl groups is 1. The molecule has 2 atom stereocenters. The SMILES string of the molecule is O=C(c1cc(C2CC2)[nH]n1)N1C[C@@H](O)C[C@H]1c1ccc(F)cc1. The molecule has 1 aromatic carbocycles. The molecule has 2 heterocycles. The Morgan fingerprint density at radius 3 is 2.74 bits per heavy atom. The lowest BCUT2D eigenvalue weighted by Crippen LogP contribution is -2.32. The molecular weight excluding hydrogens is 297 g/mol. The maximum atomic E-state index is 13.1. The lowest BCUT2D eigenvalue weighted by molar-refractivity contribution is 0.0710. The average molecular weight is 315 g/mol. The summed E-state index contributed by atoms with van der Waals surface area (Å²) in [4.78, 5) is 14.4. The monoisotopic (exact) mass is 315 g/mol. The summed E-state index contributed by atoms with van der Waals surface area (Å²) in [7, 11) is 0. The van der Waals surface area contributed by atoms with Crippen LogP contribution in [0.2, 0.25) is 0 Å². The second kappa shape index (κ2) is 5.45. The lowest BCUT2D eigenvalue weighted by atomic mass is 10.0. The van der Waals surface area contributed by atoms with Crippen molar-refractivity contribution in [3.8, 4) is 0 Å². The van der Waals surface area contributed by atoms with E-state index in [0.29, 0.717) is 18.0 Å². The van der Waals surface area contributed by atoms with E-state index < -0.39 is 6.10 Å². The maximum absolute atomic E-state index is 13.1. The number of carbonyl (C=O) groups is 1. The summed E-state index contributed by atoms with van der Waals surface area (Å²) in [5.41, 5.74) is 2.22. The highest BCUT2D eigenvalue weighted by atomic mass is 19.1. The Labute approximate surface area is 133 Å². The molecule has 2 aromatic rings. The van der Waals surface area contributed by atoms with Gasteiger partial charge >= 0.3 is 0 Å². The third kappa shape index (κ3) is 2.74. The molecule has 5 nitrogen and oxygen atoms in total. The van der Waals surface area contributed by atoms with Gasteiger partial charge in [-0.25, -0.2) is 4.39 Å². The first-order valence-corrected chi connectivity index (χ1v) is 7.91. The number of aromatic nitrogens is 2. The number of H-pyrrole nitrogens is 1. The van der Waals surface area contributed by atoms with Crippen LogP contribution < -0.4 is 0 Å². The summed E-state index contributed by atoms with van der Waals surface area (Å²) >= 11 is 0. The maximum Gasteiger partial charge on any atom is 0.274 e. The standard InChI is InChI=1S/C17H18FN3O2/c18-12-5-3-11(4-6-12)16-7-13(22)9-21(16)17(23)15-8-14(19-20-15)10-1-2-10/h3-6,8,10,13,16,22H,1-2,7,9H2,(H,19,20)/t13-,16-/m0/s1. The smallest absolute Gasteiger partial charge is 0.274 e. The molecular formula is C17H18FN3O2. The van der Waals surface area contributed by atoms with Gasteiger partial charge in [0.05, 0.1) is 12.1 Å². The first kappa shape index (κ1) is 14.4. The van der Waals surface area contributed by atoms with E-state index in [4.69, 9.17) is 0 Å². The molecule has 1 amide bonds. The number of benzene rings is 1. The fourth-order valence-electron chi connectivity index (χ4n) is 3.24. The van der Waals surface area contributed by atoms with Gasteiger partial charge in [0.15, 0.2) is 0 Å². The number of aromatic amines is 1. The van der Waals surface area contributed by atoms with Gasteiger partial charge in [-0.1, -0.05) is 12.1 Å². The van der Waals surface area contributed by atoms with Crippen molar-refractivity contribution in [2.45, 2.75) is 37.3 Å². The van der Waals surface area contributed by atoms with Crippen LogP contribution in [0.25, 0.3) is 0 Å². The Bertz CT molecular complexity index is 724. The summed E-state index contributed by atoms with van der Waals surface area (Å²) in [6.07, 6.45) is 2.15. The number of likely N-dealkylation sites (tertiary alicyclic amines) is 1. The Hall–Kier alpha value is -2.21. The minimum Gasteiger partial charge on any atom is -0.391 e. The van der Waals surface area contributed by atoms with E-state index in [1.807, 2.05) is 6.07 Å². The van der Waals surface area contributed by atoms with Crippen LogP contribution in [0.15, 0.2) is 30.3 Å². The number of β-amino-alcohol motifs (C(OH)–C–C–N with tert-alkyl or cyclic N) is 1. The minimum atomic E-state index is -0.573. The molecule has 1 aromatic heterocycles. The van der Waals surface area contributed by atoms with Gasteiger partial charge < -0.3 is 10.0 Å². The largest absolute Gasteiger partial charge is 0.391 e. The third-order valence-electron chi connectivity index (χ3n) is 4.63. The van der Waals surface area contributed by atoms with Crippen LogP contribution in [0.3, 0.4) is 0 Å². The Morgan fingerprint density at radius 1 is 1.30 bits per heavy atom. The minimum absolute atomic E-state index is 0.195. The fourth-order valence-corrected chi connectivity index (χ4v) is 3.24. The zero-order valence-corrected chi connectivity index (χ0v) is 12.6. The number of nitrogens with zero attached hydrogens (tertiary/aromatic N) is 2. The van der Waals surface area contributed by atoms with Gasteiger partial charge in [0.25, 0.3) is 5.91 Å². The van der Waals surface area contributed by atoms with Gasteiger partial charge in [0, 0.05) is 18.2 Å². The van der Waals surface area contributed by atoms with Crippen molar-refractivity contribution in [3.63, 3.8) is 0 Å². The summed E-state index contributed by atoms with van der Waals surface area (Å²) < 4.78 is 13.1. The highest BCUT2D eigenvalue weighted by Gasteiger charge is 2.37. The topological polar surface area (TPSA) is 69.2 Å². The van der Waals surface area contributed by atoms with Gasteiger partial charge in [-0.2, -0.15) is 5.10 Å². The van der Waals surface area contributed by atoms with E-state index in [1.54, 1.807) is 17.0 Å². The highest BCUT2D eigenvalue weighted by molar-refractivity contribution is 5.93. The third-order valence-corrected chi connectivity index (χ3v) is 4.63. The second-order valence-electron chi connectivity index (χ2n) is 6.40. The molecule has 2 fully saturated rings. The quantitative estimate of drug-likeness (QED) is 0.913. The first-order valence-electron chi connectivity index (χ1n) is 7.91. The zero-order chi connectivity index (χ0) is 16.0. The molecule has 2 N–H and O–H groups in total. The normalized spacial score (nSPS) is 24.2. The number of carbonyl (C=O) groups excluding carboxylic acids is 1. The molecule has 120 valence electrons. The van der Waals surface area contributed by atoms with Crippen molar-refractivity contribution in [1.82, 2.24) is 15.1 Å². The molecule has 1 aliphatic carbocycles. The molecule has 0 spiro atoms. The number of aliphatic hydroxyl groups excluding tert-OH is 1. The van der Waals surface area contributed by atoms with Crippen molar-refractivity contribution in [2.24, 2.45) is 0 Å². The van der Waals surface area contributed by atoms with Gasteiger partial charge in [-0.05, 0) is 43.0 Å². The summed E-state index contributed by atoms with van der Waals surface area (Å²) in [5, 5.41) is 17.1. The fraction of sp³-hybridized carbons (Fsp3) is 0.412. The van der Waals surface area contributed by atoms with Crippen LogP contribution >= 0.6 is 0 Å².